The Kier molecular flexibility index (Phi) is 3.73. The summed E-state index contributed by atoms with van der Waals surface area (Å²) in [6.45, 7) is 4.05. The maximum Gasteiger partial charge on any atom is 0.150 e. The molecule has 0 spiro atoms. The number of aldehydes is 1. The Balaban J connectivity index is 2.28. The van der Waals surface area contributed by atoms with E-state index in [4.69, 9.17) is 0 Å². The van der Waals surface area contributed by atoms with Gasteiger partial charge in [0.2, 0.25) is 0 Å². The van der Waals surface area contributed by atoms with Gasteiger partial charge in [0.25, 0.3) is 0 Å². The van der Waals surface area contributed by atoms with Crippen LogP contribution in [-0.2, 0) is 0 Å². The average Bonchev–Trinajstić information content (AvgIpc) is 2.39. The van der Waals surface area contributed by atoms with Crippen LogP contribution >= 0.6 is 0 Å². The Morgan fingerprint density at radius 2 is 1.44 bits per heavy atom. The molecule has 1 nitrogen and oxygen atoms in total. The topological polar surface area (TPSA) is 17.1 Å². The van der Waals surface area contributed by atoms with E-state index < -0.39 is 0 Å². The molecule has 0 radical (unpaired) electrons. The van der Waals surface area contributed by atoms with Crippen LogP contribution in [0, 0.1) is 13.8 Å². The highest BCUT2D eigenvalue weighted by atomic mass is 16.1. The Morgan fingerprint density at radius 3 is 2.11 bits per heavy atom. The second kappa shape index (κ2) is 5.46. The Labute approximate surface area is 108 Å². The molecule has 0 fully saturated rings. The molecule has 90 valence electrons. The molecule has 0 amide bonds. The lowest BCUT2D eigenvalue weighted by Crippen LogP contribution is -1.87. The van der Waals surface area contributed by atoms with Crippen molar-refractivity contribution in [1.82, 2.24) is 0 Å². The van der Waals surface area contributed by atoms with Gasteiger partial charge >= 0.3 is 0 Å². The first-order chi connectivity index (χ1) is 8.69. The summed E-state index contributed by atoms with van der Waals surface area (Å²) in [5.41, 5.74) is 5.17. The average molecular weight is 236 g/mol. The number of carbonyl (C=O) groups is 1. The third-order valence-corrected chi connectivity index (χ3v) is 2.90. The Morgan fingerprint density at radius 1 is 0.778 bits per heavy atom. The van der Waals surface area contributed by atoms with Gasteiger partial charge in [0.05, 0.1) is 0 Å². The Hall–Kier alpha value is -2.15. The Bertz CT molecular complexity index is 577. The molecule has 0 aliphatic rings. The molecular weight excluding hydrogens is 220 g/mol. The highest BCUT2D eigenvalue weighted by Crippen LogP contribution is 2.14. The molecule has 18 heavy (non-hydrogen) atoms. The summed E-state index contributed by atoms with van der Waals surface area (Å²) in [6, 6.07) is 14.2. The van der Waals surface area contributed by atoms with E-state index in [1.165, 1.54) is 5.56 Å². The summed E-state index contributed by atoms with van der Waals surface area (Å²) in [7, 11) is 0. The fourth-order valence-electron chi connectivity index (χ4n) is 1.81. The smallest absolute Gasteiger partial charge is 0.150 e. The van der Waals surface area contributed by atoms with Gasteiger partial charge in [-0.3, -0.25) is 4.79 Å². The van der Waals surface area contributed by atoms with E-state index in [9.17, 15) is 4.79 Å². The second-order valence-electron chi connectivity index (χ2n) is 4.49. The van der Waals surface area contributed by atoms with Crippen molar-refractivity contribution in [2.75, 3.05) is 0 Å². The summed E-state index contributed by atoms with van der Waals surface area (Å²) < 4.78 is 0. The molecule has 1 heteroatoms. The normalized spacial score (nSPS) is 10.8. The van der Waals surface area contributed by atoms with Crippen molar-refractivity contribution >= 4 is 18.4 Å². The maximum absolute atomic E-state index is 11.0. The first-order valence-corrected chi connectivity index (χ1v) is 5.99. The number of rotatable bonds is 3. The van der Waals surface area contributed by atoms with Crippen LogP contribution < -0.4 is 0 Å². The van der Waals surface area contributed by atoms with Gasteiger partial charge in [0.1, 0.15) is 0 Å². The molecule has 0 aliphatic carbocycles. The number of carbonyl (C=O) groups excluding carboxylic acids is 1. The molecule has 0 atom stereocenters. The van der Waals surface area contributed by atoms with Crippen molar-refractivity contribution in [3.05, 3.63) is 70.3 Å². The van der Waals surface area contributed by atoms with E-state index in [1.54, 1.807) is 0 Å². The number of benzene rings is 2. The van der Waals surface area contributed by atoms with E-state index in [1.807, 2.05) is 37.3 Å². The maximum atomic E-state index is 11.0. The minimum atomic E-state index is 0.735. The van der Waals surface area contributed by atoms with Crippen LogP contribution in [0.4, 0.5) is 0 Å². The molecular formula is C17H16O. The molecule has 0 saturated heterocycles. The highest BCUT2D eigenvalue weighted by molar-refractivity contribution is 5.85. The molecule has 0 N–H and O–H groups in total. The minimum absolute atomic E-state index is 0.735. The lowest BCUT2D eigenvalue weighted by atomic mass is 10.0. The number of hydrogen-bond acceptors (Lipinski definition) is 1. The SMILES string of the molecule is Cc1ccc(/C=C/c2ccc(C)cc2C=O)cc1. The van der Waals surface area contributed by atoms with Crippen LogP contribution in [0.15, 0.2) is 42.5 Å². The van der Waals surface area contributed by atoms with Crippen molar-refractivity contribution in [3.8, 4) is 0 Å². The van der Waals surface area contributed by atoms with Gasteiger partial charge in [-0.2, -0.15) is 0 Å². The first-order valence-electron chi connectivity index (χ1n) is 5.99. The van der Waals surface area contributed by atoms with Gasteiger partial charge in [-0.15, -0.1) is 0 Å². The predicted molar refractivity (Wildman–Crippen MR) is 76.7 cm³/mol. The zero-order valence-electron chi connectivity index (χ0n) is 10.7. The zero-order valence-corrected chi connectivity index (χ0v) is 10.7. The third kappa shape index (κ3) is 2.95. The third-order valence-electron chi connectivity index (χ3n) is 2.90. The van der Waals surface area contributed by atoms with Crippen molar-refractivity contribution < 1.29 is 4.79 Å². The largest absolute Gasteiger partial charge is 0.298 e. The molecule has 0 aliphatic heterocycles. The van der Waals surface area contributed by atoms with Gasteiger partial charge in [0, 0.05) is 5.56 Å². The van der Waals surface area contributed by atoms with Crippen molar-refractivity contribution in [2.24, 2.45) is 0 Å². The molecule has 0 heterocycles. The van der Waals surface area contributed by atoms with Crippen molar-refractivity contribution in [3.63, 3.8) is 0 Å². The lowest BCUT2D eigenvalue weighted by molar-refractivity contribution is 0.112. The van der Waals surface area contributed by atoms with E-state index in [2.05, 4.69) is 31.2 Å². The lowest BCUT2D eigenvalue weighted by Gasteiger charge is -2.01. The quantitative estimate of drug-likeness (QED) is 0.574. The van der Waals surface area contributed by atoms with Crippen LogP contribution in [0.1, 0.15) is 32.6 Å². The predicted octanol–water partition coefficient (Wildman–Crippen LogP) is 4.29. The van der Waals surface area contributed by atoms with Crippen LogP contribution in [0.5, 0.6) is 0 Å². The van der Waals surface area contributed by atoms with E-state index in [0.29, 0.717) is 0 Å². The fraction of sp³-hybridized carbons (Fsp3) is 0.118. The summed E-state index contributed by atoms with van der Waals surface area (Å²) in [4.78, 5) is 11.0. The standard InChI is InChI=1S/C17H16O/c1-13-3-6-15(7-4-13)8-10-16-9-5-14(2)11-17(16)12-18/h3-12H,1-2H3/b10-8+. The van der Waals surface area contributed by atoms with Crippen molar-refractivity contribution in [1.29, 1.82) is 0 Å². The molecule has 0 unspecified atom stereocenters. The molecule has 0 aromatic heterocycles. The van der Waals surface area contributed by atoms with Gasteiger partial charge in [0.15, 0.2) is 6.29 Å². The van der Waals surface area contributed by atoms with Gasteiger partial charge in [-0.25, -0.2) is 0 Å². The summed E-state index contributed by atoms with van der Waals surface area (Å²) in [6.07, 6.45) is 4.91. The van der Waals surface area contributed by atoms with E-state index in [0.717, 1.165) is 28.5 Å². The highest BCUT2D eigenvalue weighted by Gasteiger charge is 1.98. The molecule has 2 aromatic carbocycles. The van der Waals surface area contributed by atoms with Crippen LogP contribution in [0.25, 0.3) is 12.2 Å². The van der Waals surface area contributed by atoms with Crippen LogP contribution in [0.3, 0.4) is 0 Å². The summed E-state index contributed by atoms with van der Waals surface area (Å²) in [5.74, 6) is 0. The number of aryl methyl sites for hydroxylation is 2. The van der Waals surface area contributed by atoms with E-state index in [-0.39, 0.29) is 0 Å². The minimum Gasteiger partial charge on any atom is -0.298 e. The molecule has 2 rings (SSSR count). The zero-order chi connectivity index (χ0) is 13.0. The first kappa shape index (κ1) is 12.3. The summed E-state index contributed by atoms with van der Waals surface area (Å²) in [5, 5.41) is 0. The fourth-order valence-corrected chi connectivity index (χ4v) is 1.81. The van der Waals surface area contributed by atoms with E-state index >= 15 is 0 Å². The monoisotopic (exact) mass is 236 g/mol. The van der Waals surface area contributed by atoms with Gasteiger partial charge < -0.3 is 0 Å². The number of hydrogen-bond donors (Lipinski definition) is 0. The van der Waals surface area contributed by atoms with Gasteiger partial charge in [-0.1, -0.05) is 59.7 Å². The molecule has 2 aromatic rings. The summed E-state index contributed by atoms with van der Waals surface area (Å²) >= 11 is 0. The van der Waals surface area contributed by atoms with Gasteiger partial charge in [-0.05, 0) is 31.0 Å². The van der Waals surface area contributed by atoms with Crippen LogP contribution in [-0.4, -0.2) is 6.29 Å². The second-order valence-corrected chi connectivity index (χ2v) is 4.49. The molecule has 0 saturated carbocycles. The van der Waals surface area contributed by atoms with Crippen LogP contribution in [0.2, 0.25) is 0 Å². The molecule has 0 bridgehead atoms. The van der Waals surface area contributed by atoms with Crippen molar-refractivity contribution in [2.45, 2.75) is 13.8 Å².